The summed E-state index contributed by atoms with van der Waals surface area (Å²) >= 11 is 0. The second kappa shape index (κ2) is 8.95. The van der Waals surface area contributed by atoms with E-state index in [4.69, 9.17) is 0 Å². The summed E-state index contributed by atoms with van der Waals surface area (Å²) in [6.45, 7) is 2.29. The van der Waals surface area contributed by atoms with Gasteiger partial charge in [-0.25, -0.2) is 10.1 Å². The van der Waals surface area contributed by atoms with Crippen molar-refractivity contribution in [2.24, 2.45) is 5.10 Å². The molecule has 10 nitrogen and oxygen atoms in total. The summed E-state index contributed by atoms with van der Waals surface area (Å²) in [7, 11) is 1.59. The van der Waals surface area contributed by atoms with Gasteiger partial charge < -0.3 is 5.32 Å². The molecule has 3 rings (SSSR count). The average molecular weight is 408 g/mol. The number of nitrogens with one attached hydrogen (secondary N) is 2. The van der Waals surface area contributed by atoms with E-state index >= 15 is 0 Å². The lowest BCUT2D eigenvalue weighted by Gasteiger charge is -2.09. The highest BCUT2D eigenvalue weighted by Crippen LogP contribution is 2.24. The first-order chi connectivity index (χ1) is 14.5. The van der Waals surface area contributed by atoms with E-state index < -0.39 is 10.8 Å². The highest BCUT2D eigenvalue weighted by Gasteiger charge is 2.16. The third-order valence-corrected chi connectivity index (χ3v) is 4.39. The molecule has 1 amide bonds. The second-order valence-electron chi connectivity index (χ2n) is 6.41. The SMILES string of the molecule is CCCn1nc(C(=O)N/N=C/c2ccc(NC)c([N+](=O)[O-])c2)c2ccccc2c1=O. The minimum atomic E-state index is -0.589. The number of nitro benzene ring substituents is 1. The number of nitrogens with zero attached hydrogens (tertiary/aromatic N) is 4. The number of aromatic nitrogens is 2. The maximum absolute atomic E-state index is 12.7. The highest BCUT2D eigenvalue weighted by atomic mass is 16.6. The number of carbonyl (C=O) groups excluding carboxylic acids is 1. The zero-order valence-electron chi connectivity index (χ0n) is 16.5. The number of carbonyl (C=O) groups is 1. The van der Waals surface area contributed by atoms with E-state index in [9.17, 15) is 19.7 Å². The van der Waals surface area contributed by atoms with E-state index in [0.29, 0.717) is 35.0 Å². The van der Waals surface area contributed by atoms with Crippen LogP contribution in [0.1, 0.15) is 29.4 Å². The minimum Gasteiger partial charge on any atom is -0.383 e. The van der Waals surface area contributed by atoms with E-state index in [-0.39, 0.29) is 16.9 Å². The van der Waals surface area contributed by atoms with Gasteiger partial charge in [-0.1, -0.05) is 31.2 Å². The summed E-state index contributed by atoms with van der Waals surface area (Å²) in [5.41, 5.74) is 2.89. The lowest BCUT2D eigenvalue weighted by Crippen LogP contribution is -2.29. The Balaban J connectivity index is 1.89. The van der Waals surface area contributed by atoms with Crippen molar-refractivity contribution in [2.75, 3.05) is 12.4 Å². The van der Waals surface area contributed by atoms with Crippen LogP contribution in [0.2, 0.25) is 0 Å². The molecule has 154 valence electrons. The van der Waals surface area contributed by atoms with Crippen LogP contribution in [0, 0.1) is 10.1 Å². The highest BCUT2D eigenvalue weighted by molar-refractivity contribution is 6.05. The predicted molar refractivity (Wildman–Crippen MR) is 114 cm³/mol. The molecular formula is C20H20N6O4. The first kappa shape index (κ1) is 20.6. The summed E-state index contributed by atoms with van der Waals surface area (Å²) in [5.74, 6) is -0.589. The molecule has 3 aromatic rings. The smallest absolute Gasteiger partial charge is 0.292 e. The van der Waals surface area contributed by atoms with Crippen LogP contribution in [0.3, 0.4) is 0 Å². The number of nitro groups is 1. The molecule has 0 aliphatic carbocycles. The normalized spacial score (nSPS) is 11.0. The van der Waals surface area contributed by atoms with Gasteiger partial charge in [-0.15, -0.1) is 0 Å². The van der Waals surface area contributed by atoms with Gasteiger partial charge in [-0.05, 0) is 18.6 Å². The Hall–Kier alpha value is -4.08. The lowest BCUT2D eigenvalue weighted by atomic mass is 10.1. The molecular weight excluding hydrogens is 388 g/mol. The fourth-order valence-corrected chi connectivity index (χ4v) is 2.98. The summed E-state index contributed by atoms with van der Waals surface area (Å²) in [6.07, 6.45) is 1.99. The monoisotopic (exact) mass is 408 g/mol. The number of anilines is 1. The molecule has 0 saturated carbocycles. The van der Waals surface area contributed by atoms with Gasteiger partial charge in [-0.2, -0.15) is 10.2 Å². The molecule has 0 bridgehead atoms. The third-order valence-electron chi connectivity index (χ3n) is 4.39. The molecule has 0 saturated heterocycles. The summed E-state index contributed by atoms with van der Waals surface area (Å²) < 4.78 is 1.26. The van der Waals surface area contributed by atoms with Gasteiger partial charge in [-0.3, -0.25) is 19.7 Å². The van der Waals surface area contributed by atoms with Gasteiger partial charge >= 0.3 is 0 Å². The third kappa shape index (κ3) is 4.17. The van der Waals surface area contributed by atoms with E-state index in [1.165, 1.54) is 17.0 Å². The Morgan fingerprint density at radius 2 is 2.00 bits per heavy atom. The first-order valence-corrected chi connectivity index (χ1v) is 9.25. The van der Waals surface area contributed by atoms with Crippen molar-refractivity contribution in [1.29, 1.82) is 0 Å². The molecule has 0 aliphatic rings. The summed E-state index contributed by atoms with van der Waals surface area (Å²) in [6, 6.07) is 11.3. The zero-order valence-corrected chi connectivity index (χ0v) is 16.5. The van der Waals surface area contributed by atoms with E-state index in [0.717, 1.165) is 0 Å². The van der Waals surface area contributed by atoms with Gasteiger partial charge in [0.2, 0.25) is 0 Å². The Kier molecular flexibility index (Phi) is 6.16. The van der Waals surface area contributed by atoms with E-state index in [2.05, 4.69) is 20.9 Å². The van der Waals surface area contributed by atoms with Crippen molar-refractivity contribution in [3.63, 3.8) is 0 Å². The number of benzene rings is 2. The molecule has 0 spiro atoms. The first-order valence-electron chi connectivity index (χ1n) is 9.25. The standard InChI is InChI=1S/C20H20N6O4/c1-3-10-25-20(28)15-7-5-4-6-14(15)18(24-25)19(27)23-22-12-13-8-9-16(21-2)17(11-13)26(29)30/h4-9,11-12,21H,3,10H2,1-2H3,(H,23,27)/b22-12+. The van der Waals surface area contributed by atoms with Crippen LogP contribution in [-0.2, 0) is 6.54 Å². The maximum atomic E-state index is 12.7. The van der Waals surface area contributed by atoms with Crippen LogP contribution in [0.5, 0.6) is 0 Å². The summed E-state index contributed by atoms with van der Waals surface area (Å²) in [4.78, 5) is 35.8. The largest absolute Gasteiger partial charge is 0.383 e. The van der Waals surface area contributed by atoms with Gasteiger partial charge in [0.15, 0.2) is 5.69 Å². The van der Waals surface area contributed by atoms with Crippen molar-refractivity contribution in [1.82, 2.24) is 15.2 Å². The zero-order chi connectivity index (χ0) is 21.7. The van der Waals surface area contributed by atoms with Crippen molar-refractivity contribution in [2.45, 2.75) is 19.9 Å². The molecule has 30 heavy (non-hydrogen) atoms. The van der Waals surface area contributed by atoms with Crippen molar-refractivity contribution >= 4 is 34.3 Å². The molecule has 2 N–H and O–H groups in total. The molecule has 0 atom stereocenters. The Morgan fingerprint density at radius 3 is 2.67 bits per heavy atom. The van der Waals surface area contributed by atoms with Crippen molar-refractivity contribution in [3.8, 4) is 0 Å². The number of hydrazone groups is 1. The Bertz CT molecular complexity index is 1200. The van der Waals surface area contributed by atoms with Crippen LogP contribution < -0.4 is 16.3 Å². The molecule has 1 heterocycles. The number of fused-ring (bicyclic) bond motifs is 1. The van der Waals surface area contributed by atoms with Crippen molar-refractivity contribution in [3.05, 3.63) is 74.2 Å². The number of amides is 1. The van der Waals surface area contributed by atoms with E-state index in [1.807, 2.05) is 6.92 Å². The van der Waals surface area contributed by atoms with Crippen LogP contribution in [-0.4, -0.2) is 33.9 Å². The summed E-state index contributed by atoms with van der Waals surface area (Å²) in [5, 5.41) is 22.8. The quantitative estimate of drug-likeness (QED) is 0.351. The average Bonchev–Trinajstić information content (AvgIpc) is 2.75. The van der Waals surface area contributed by atoms with Crippen LogP contribution in [0.15, 0.2) is 52.4 Å². The predicted octanol–water partition coefficient (Wildman–Crippen LogP) is 2.52. The van der Waals surface area contributed by atoms with Gasteiger partial charge in [0.25, 0.3) is 17.2 Å². The minimum absolute atomic E-state index is 0.0762. The molecule has 0 unspecified atom stereocenters. The number of hydrogen-bond donors (Lipinski definition) is 2. The Labute approximate surface area is 171 Å². The lowest BCUT2D eigenvalue weighted by molar-refractivity contribution is -0.383. The fraction of sp³-hybridized carbons (Fsp3) is 0.200. The number of rotatable bonds is 7. The van der Waals surface area contributed by atoms with Gasteiger partial charge in [0, 0.05) is 30.6 Å². The fourth-order valence-electron chi connectivity index (χ4n) is 2.98. The molecule has 1 aromatic heterocycles. The Morgan fingerprint density at radius 1 is 1.27 bits per heavy atom. The molecule has 0 aliphatic heterocycles. The van der Waals surface area contributed by atoms with Gasteiger partial charge in [0.05, 0.1) is 16.5 Å². The van der Waals surface area contributed by atoms with Gasteiger partial charge in [0.1, 0.15) is 5.69 Å². The molecule has 10 heteroatoms. The second-order valence-corrected chi connectivity index (χ2v) is 6.41. The van der Waals surface area contributed by atoms with Crippen molar-refractivity contribution < 1.29 is 9.72 Å². The maximum Gasteiger partial charge on any atom is 0.292 e. The van der Waals surface area contributed by atoms with E-state index in [1.54, 1.807) is 43.4 Å². The molecule has 0 radical (unpaired) electrons. The van der Waals surface area contributed by atoms with Crippen LogP contribution in [0.4, 0.5) is 11.4 Å². The topological polar surface area (TPSA) is 132 Å². The molecule has 2 aromatic carbocycles. The molecule has 0 fully saturated rings. The number of aryl methyl sites for hydroxylation is 1. The van der Waals surface area contributed by atoms with Crippen LogP contribution in [0.25, 0.3) is 10.8 Å². The van der Waals surface area contributed by atoms with Crippen LogP contribution >= 0.6 is 0 Å². The number of hydrogen-bond acceptors (Lipinski definition) is 7.